The molecule has 4 N–H and O–H groups in total. The van der Waals surface area contributed by atoms with Crippen molar-refractivity contribution in [3.8, 4) is 5.75 Å². The fourth-order valence-corrected chi connectivity index (χ4v) is 1.96. The lowest BCUT2D eigenvalue weighted by Crippen LogP contribution is -2.23. The summed E-state index contributed by atoms with van der Waals surface area (Å²) in [6.07, 6.45) is 0.223. The van der Waals surface area contributed by atoms with E-state index in [0.29, 0.717) is 5.82 Å². The van der Waals surface area contributed by atoms with Crippen molar-refractivity contribution in [2.45, 2.75) is 13.3 Å². The molecule has 0 saturated heterocycles. The number of benzene rings is 1. The molecule has 0 bridgehead atoms. The van der Waals surface area contributed by atoms with Crippen LogP contribution in [-0.4, -0.2) is 30.5 Å². The summed E-state index contributed by atoms with van der Waals surface area (Å²) in [4.78, 5) is 20.2. The second kappa shape index (κ2) is 10.5. The van der Waals surface area contributed by atoms with Crippen LogP contribution in [0.5, 0.6) is 5.75 Å². The van der Waals surface area contributed by atoms with Gasteiger partial charge in [0.2, 0.25) is 5.91 Å². The molecule has 0 atom stereocenters. The molecule has 0 fully saturated rings. The largest absolute Gasteiger partial charge is 0.497 e. The Morgan fingerprint density at radius 2 is 1.92 bits per heavy atom. The zero-order valence-corrected chi connectivity index (χ0v) is 16.5. The molecule has 0 aliphatic heterocycles. The molecule has 0 unspecified atom stereocenters. The number of aliphatic imine (C=N–C) groups is 1. The molecule has 7 nitrogen and oxygen atoms in total. The molecule has 0 spiro atoms. The number of methoxy groups -OCH3 is 1. The summed E-state index contributed by atoms with van der Waals surface area (Å²) in [6, 6.07) is 12.7. The van der Waals surface area contributed by atoms with E-state index in [2.05, 4.69) is 20.6 Å². The molecule has 2 aromatic rings. The van der Waals surface area contributed by atoms with E-state index in [9.17, 15) is 4.79 Å². The SMILES string of the molecule is COc1ccc(NC(N)=NCCC(=O)Nc2cccc(C)n2)cc1.I. The molecular formula is C17H22IN5O2. The average molecular weight is 455 g/mol. The van der Waals surface area contributed by atoms with Gasteiger partial charge in [-0.05, 0) is 43.3 Å². The molecule has 2 rings (SSSR count). The Morgan fingerprint density at radius 1 is 1.20 bits per heavy atom. The van der Waals surface area contributed by atoms with E-state index in [1.165, 1.54) is 0 Å². The fourth-order valence-electron chi connectivity index (χ4n) is 1.96. The van der Waals surface area contributed by atoms with Crippen LogP contribution in [0.25, 0.3) is 0 Å². The van der Waals surface area contributed by atoms with Crippen LogP contribution in [0.1, 0.15) is 12.1 Å². The molecule has 1 heterocycles. The highest BCUT2D eigenvalue weighted by molar-refractivity contribution is 14.0. The summed E-state index contributed by atoms with van der Waals surface area (Å²) in [5.74, 6) is 1.39. The molecule has 1 aromatic carbocycles. The molecule has 0 aliphatic rings. The lowest BCUT2D eigenvalue weighted by molar-refractivity contribution is -0.116. The third-order valence-corrected chi connectivity index (χ3v) is 3.14. The van der Waals surface area contributed by atoms with E-state index in [1.54, 1.807) is 13.2 Å². The van der Waals surface area contributed by atoms with Crippen LogP contribution in [0.2, 0.25) is 0 Å². The third-order valence-electron chi connectivity index (χ3n) is 3.14. The number of guanidine groups is 1. The number of carbonyl (C=O) groups is 1. The number of aryl methyl sites for hydroxylation is 1. The van der Waals surface area contributed by atoms with Gasteiger partial charge in [-0.1, -0.05) is 6.07 Å². The molecule has 25 heavy (non-hydrogen) atoms. The minimum Gasteiger partial charge on any atom is -0.497 e. The first kappa shape index (κ1) is 20.7. The van der Waals surface area contributed by atoms with Crippen LogP contribution in [0, 0.1) is 6.92 Å². The van der Waals surface area contributed by atoms with Gasteiger partial charge in [0.15, 0.2) is 5.96 Å². The summed E-state index contributed by atoms with van der Waals surface area (Å²) in [5.41, 5.74) is 7.44. The Morgan fingerprint density at radius 3 is 2.56 bits per heavy atom. The van der Waals surface area contributed by atoms with Crippen molar-refractivity contribution >= 4 is 47.3 Å². The van der Waals surface area contributed by atoms with Crippen molar-refractivity contribution in [1.29, 1.82) is 0 Å². The van der Waals surface area contributed by atoms with Crippen LogP contribution in [0.4, 0.5) is 11.5 Å². The van der Waals surface area contributed by atoms with Gasteiger partial charge in [0.25, 0.3) is 0 Å². The fraction of sp³-hybridized carbons (Fsp3) is 0.235. The van der Waals surface area contributed by atoms with E-state index < -0.39 is 0 Å². The lowest BCUT2D eigenvalue weighted by atomic mass is 10.3. The van der Waals surface area contributed by atoms with Gasteiger partial charge in [-0.15, -0.1) is 24.0 Å². The molecule has 8 heteroatoms. The van der Waals surface area contributed by atoms with Crippen LogP contribution >= 0.6 is 24.0 Å². The third kappa shape index (κ3) is 7.38. The van der Waals surface area contributed by atoms with E-state index in [-0.39, 0.29) is 48.8 Å². The quantitative estimate of drug-likeness (QED) is 0.353. The summed E-state index contributed by atoms with van der Waals surface area (Å²) in [7, 11) is 1.61. The summed E-state index contributed by atoms with van der Waals surface area (Å²) < 4.78 is 5.08. The number of nitrogens with zero attached hydrogens (tertiary/aromatic N) is 2. The number of halogens is 1. The van der Waals surface area contributed by atoms with Crippen molar-refractivity contribution < 1.29 is 9.53 Å². The highest BCUT2D eigenvalue weighted by atomic mass is 127. The van der Waals surface area contributed by atoms with Crippen molar-refractivity contribution in [1.82, 2.24) is 4.98 Å². The number of rotatable bonds is 6. The van der Waals surface area contributed by atoms with Gasteiger partial charge in [-0.25, -0.2) is 4.98 Å². The van der Waals surface area contributed by atoms with Crippen molar-refractivity contribution in [3.63, 3.8) is 0 Å². The molecule has 0 aliphatic carbocycles. The van der Waals surface area contributed by atoms with Gasteiger partial charge in [0.1, 0.15) is 11.6 Å². The van der Waals surface area contributed by atoms with E-state index in [1.807, 2.05) is 43.3 Å². The minimum atomic E-state index is -0.158. The monoisotopic (exact) mass is 455 g/mol. The molecule has 0 saturated carbocycles. The van der Waals surface area contributed by atoms with E-state index in [0.717, 1.165) is 17.1 Å². The van der Waals surface area contributed by atoms with Crippen LogP contribution in [0.3, 0.4) is 0 Å². The maximum Gasteiger partial charge on any atom is 0.227 e. The first-order valence-electron chi connectivity index (χ1n) is 7.51. The Kier molecular flexibility index (Phi) is 8.68. The number of anilines is 2. The zero-order chi connectivity index (χ0) is 17.4. The van der Waals surface area contributed by atoms with Crippen molar-refractivity contribution in [2.24, 2.45) is 10.7 Å². The number of pyridine rings is 1. The second-order valence-electron chi connectivity index (χ2n) is 5.08. The lowest BCUT2D eigenvalue weighted by Gasteiger charge is -2.07. The standard InChI is InChI=1S/C17H21N5O2.HI/c1-12-4-3-5-15(20-12)22-16(23)10-11-19-17(18)21-13-6-8-14(24-2)9-7-13;/h3-9H,10-11H2,1-2H3,(H3,18,19,21)(H,20,22,23);1H. The van der Waals surface area contributed by atoms with Gasteiger partial charge in [-0.2, -0.15) is 0 Å². The highest BCUT2D eigenvalue weighted by Crippen LogP contribution is 2.14. The molecule has 134 valence electrons. The van der Waals surface area contributed by atoms with Crippen LogP contribution in [-0.2, 0) is 4.79 Å². The molecular weight excluding hydrogens is 433 g/mol. The van der Waals surface area contributed by atoms with Gasteiger partial charge in [0.05, 0.1) is 13.7 Å². The van der Waals surface area contributed by atoms with Gasteiger partial charge in [0, 0.05) is 17.8 Å². The number of carbonyl (C=O) groups excluding carboxylic acids is 1. The summed E-state index contributed by atoms with van der Waals surface area (Å²) in [6.45, 7) is 2.15. The van der Waals surface area contributed by atoms with Crippen LogP contribution in [0.15, 0.2) is 47.5 Å². The number of ether oxygens (including phenoxy) is 1. The molecule has 1 aromatic heterocycles. The Bertz CT molecular complexity index is 719. The van der Waals surface area contributed by atoms with Crippen molar-refractivity contribution in [3.05, 3.63) is 48.2 Å². The van der Waals surface area contributed by atoms with Crippen molar-refractivity contribution in [2.75, 3.05) is 24.3 Å². The predicted octanol–water partition coefficient (Wildman–Crippen LogP) is 2.77. The number of nitrogens with two attached hydrogens (primary N) is 1. The Labute approximate surface area is 164 Å². The number of hydrogen-bond acceptors (Lipinski definition) is 4. The number of hydrogen-bond donors (Lipinski definition) is 3. The molecule has 0 radical (unpaired) electrons. The second-order valence-corrected chi connectivity index (χ2v) is 5.08. The molecule has 1 amide bonds. The Hall–Kier alpha value is -2.36. The number of aromatic nitrogens is 1. The maximum absolute atomic E-state index is 11.8. The average Bonchev–Trinajstić information content (AvgIpc) is 2.55. The van der Waals surface area contributed by atoms with Gasteiger partial charge < -0.3 is 21.1 Å². The number of amides is 1. The Balaban J connectivity index is 0.00000312. The maximum atomic E-state index is 11.8. The van der Waals surface area contributed by atoms with Crippen LogP contribution < -0.4 is 21.1 Å². The van der Waals surface area contributed by atoms with E-state index >= 15 is 0 Å². The summed E-state index contributed by atoms with van der Waals surface area (Å²) >= 11 is 0. The van der Waals surface area contributed by atoms with Gasteiger partial charge in [-0.3, -0.25) is 9.79 Å². The zero-order valence-electron chi connectivity index (χ0n) is 14.2. The first-order chi connectivity index (χ1) is 11.6. The smallest absolute Gasteiger partial charge is 0.227 e. The normalized spacial score (nSPS) is 10.6. The highest BCUT2D eigenvalue weighted by Gasteiger charge is 2.03. The predicted molar refractivity (Wildman–Crippen MR) is 111 cm³/mol. The van der Waals surface area contributed by atoms with Gasteiger partial charge >= 0.3 is 0 Å². The first-order valence-corrected chi connectivity index (χ1v) is 7.51. The van der Waals surface area contributed by atoms with E-state index in [4.69, 9.17) is 10.5 Å². The minimum absolute atomic E-state index is 0. The topological polar surface area (TPSA) is 102 Å². The number of nitrogens with one attached hydrogen (secondary N) is 2. The summed E-state index contributed by atoms with van der Waals surface area (Å²) in [5, 5.41) is 5.68.